The second kappa shape index (κ2) is 5.50. The van der Waals surface area contributed by atoms with E-state index in [1.807, 2.05) is 24.7 Å². The monoisotopic (exact) mass is 319 g/mol. The fourth-order valence-corrected chi connectivity index (χ4v) is 3.72. The average Bonchev–Trinajstić information content (AvgIpc) is 3.30. The average molecular weight is 319 g/mol. The third kappa shape index (κ3) is 2.56. The second-order valence-corrected chi connectivity index (χ2v) is 8.03. The Balaban J connectivity index is 2.19. The predicted molar refractivity (Wildman–Crippen MR) is 85.5 cm³/mol. The Bertz CT molecular complexity index is 805. The molecule has 0 amide bonds. The molecule has 2 heterocycles. The number of aryl methyl sites for hydroxylation is 1. The van der Waals surface area contributed by atoms with Gasteiger partial charge in [0.25, 0.3) is 0 Å². The van der Waals surface area contributed by atoms with Crippen LogP contribution in [0.5, 0.6) is 0 Å². The van der Waals surface area contributed by atoms with Gasteiger partial charge in [0.2, 0.25) is 0 Å². The largest absolute Gasteiger partial charge is 0.330 e. The van der Waals surface area contributed by atoms with Crippen molar-refractivity contribution < 1.29 is 8.42 Å². The first-order valence-electron chi connectivity index (χ1n) is 7.71. The zero-order chi connectivity index (χ0) is 15.9. The normalized spacial score (nSPS) is 15.2. The van der Waals surface area contributed by atoms with Crippen molar-refractivity contribution in [1.82, 2.24) is 14.5 Å². The van der Waals surface area contributed by atoms with Gasteiger partial charge in [0.05, 0.1) is 10.6 Å². The highest BCUT2D eigenvalue weighted by molar-refractivity contribution is 7.91. The number of hydrogen-bond acceptors (Lipinski definition) is 4. The lowest BCUT2D eigenvalue weighted by molar-refractivity contribution is 0.597. The Morgan fingerprint density at radius 3 is 2.50 bits per heavy atom. The number of imidazole rings is 1. The molecule has 0 N–H and O–H groups in total. The summed E-state index contributed by atoms with van der Waals surface area (Å²) in [6, 6.07) is 1.80. The molecule has 1 fully saturated rings. The Hall–Kier alpha value is -1.69. The van der Waals surface area contributed by atoms with E-state index in [0.29, 0.717) is 22.3 Å². The molecule has 0 saturated heterocycles. The van der Waals surface area contributed by atoms with E-state index in [0.717, 1.165) is 30.5 Å². The molecule has 0 atom stereocenters. The van der Waals surface area contributed by atoms with E-state index in [1.165, 1.54) is 0 Å². The highest BCUT2D eigenvalue weighted by atomic mass is 32.2. The molecule has 6 heteroatoms. The molecular formula is C16H21N3O2S. The van der Waals surface area contributed by atoms with Crippen LogP contribution in [0.4, 0.5) is 0 Å². The molecule has 22 heavy (non-hydrogen) atoms. The van der Waals surface area contributed by atoms with Crippen molar-refractivity contribution in [2.75, 3.05) is 5.75 Å². The van der Waals surface area contributed by atoms with Crippen LogP contribution in [0.1, 0.15) is 43.9 Å². The van der Waals surface area contributed by atoms with Gasteiger partial charge in [-0.1, -0.05) is 13.8 Å². The van der Waals surface area contributed by atoms with Gasteiger partial charge in [0, 0.05) is 25.1 Å². The minimum atomic E-state index is -3.34. The molecule has 0 aromatic carbocycles. The zero-order valence-corrected chi connectivity index (χ0v) is 14.0. The molecular weight excluding hydrogens is 298 g/mol. The fraction of sp³-hybridized carbons (Fsp3) is 0.500. The van der Waals surface area contributed by atoms with E-state index in [1.54, 1.807) is 19.2 Å². The maximum Gasteiger partial charge on any atom is 0.180 e. The van der Waals surface area contributed by atoms with Crippen molar-refractivity contribution in [3.63, 3.8) is 0 Å². The summed E-state index contributed by atoms with van der Waals surface area (Å²) in [5.41, 5.74) is 2.55. The van der Waals surface area contributed by atoms with Crippen molar-refractivity contribution >= 4 is 9.84 Å². The molecule has 0 radical (unpaired) electrons. The summed E-state index contributed by atoms with van der Waals surface area (Å²) < 4.78 is 26.9. The van der Waals surface area contributed by atoms with E-state index in [-0.39, 0.29) is 5.75 Å². The third-order valence-electron chi connectivity index (χ3n) is 4.30. The zero-order valence-electron chi connectivity index (χ0n) is 13.2. The van der Waals surface area contributed by atoms with E-state index in [9.17, 15) is 8.42 Å². The van der Waals surface area contributed by atoms with Gasteiger partial charge in [0.15, 0.2) is 15.7 Å². The van der Waals surface area contributed by atoms with Crippen LogP contribution in [0.3, 0.4) is 0 Å². The number of pyridine rings is 1. The molecule has 5 nitrogen and oxygen atoms in total. The lowest BCUT2D eigenvalue weighted by Gasteiger charge is -2.11. The highest BCUT2D eigenvalue weighted by Crippen LogP contribution is 2.41. The molecule has 0 unspecified atom stereocenters. The smallest absolute Gasteiger partial charge is 0.180 e. The summed E-state index contributed by atoms with van der Waals surface area (Å²) in [7, 11) is -1.43. The number of hydrogen-bond donors (Lipinski definition) is 0. The first kappa shape index (κ1) is 15.2. The van der Waals surface area contributed by atoms with Gasteiger partial charge in [-0.3, -0.25) is 4.98 Å². The van der Waals surface area contributed by atoms with Crippen LogP contribution in [-0.2, 0) is 23.3 Å². The van der Waals surface area contributed by atoms with Gasteiger partial charge in [-0.15, -0.1) is 0 Å². The van der Waals surface area contributed by atoms with Crippen LogP contribution in [0.2, 0.25) is 0 Å². The minimum Gasteiger partial charge on any atom is -0.330 e. The first-order chi connectivity index (χ1) is 10.5. The number of nitrogens with zero attached hydrogens (tertiary/aromatic N) is 3. The van der Waals surface area contributed by atoms with E-state index < -0.39 is 9.84 Å². The van der Waals surface area contributed by atoms with Crippen LogP contribution in [0, 0.1) is 0 Å². The molecule has 3 rings (SSSR count). The Kier molecular flexibility index (Phi) is 3.80. The Labute approximate surface area is 131 Å². The summed E-state index contributed by atoms with van der Waals surface area (Å²) in [5.74, 6) is 1.16. The second-order valence-electron chi connectivity index (χ2n) is 5.78. The summed E-state index contributed by atoms with van der Waals surface area (Å²) >= 11 is 0. The van der Waals surface area contributed by atoms with Crippen molar-refractivity contribution in [3.8, 4) is 11.5 Å². The van der Waals surface area contributed by atoms with E-state index in [2.05, 4.69) is 9.97 Å². The molecule has 1 aliphatic carbocycles. The van der Waals surface area contributed by atoms with Crippen molar-refractivity contribution in [2.24, 2.45) is 7.05 Å². The predicted octanol–water partition coefficient (Wildman–Crippen LogP) is 2.72. The molecule has 0 aliphatic heterocycles. The minimum absolute atomic E-state index is 0.0703. The Morgan fingerprint density at radius 2 is 1.95 bits per heavy atom. The van der Waals surface area contributed by atoms with Crippen molar-refractivity contribution in [1.29, 1.82) is 0 Å². The summed E-state index contributed by atoms with van der Waals surface area (Å²) in [6.07, 6.45) is 6.68. The van der Waals surface area contributed by atoms with Crippen LogP contribution < -0.4 is 0 Å². The highest BCUT2D eigenvalue weighted by Gasteiger charge is 2.28. The van der Waals surface area contributed by atoms with Gasteiger partial charge in [-0.25, -0.2) is 13.4 Å². The van der Waals surface area contributed by atoms with E-state index >= 15 is 0 Å². The molecule has 1 saturated carbocycles. The summed E-state index contributed by atoms with van der Waals surface area (Å²) in [4.78, 5) is 9.18. The summed E-state index contributed by atoms with van der Waals surface area (Å²) in [6.45, 7) is 3.72. The molecule has 1 aliphatic rings. The fourth-order valence-electron chi connectivity index (χ4n) is 2.65. The van der Waals surface area contributed by atoms with Gasteiger partial charge in [-0.2, -0.15) is 0 Å². The maximum absolute atomic E-state index is 12.5. The quantitative estimate of drug-likeness (QED) is 0.850. The molecule has 0 spiro atoms. The van der Waals surface area contributed by atoms with Crippen LogP contribution in [0.15, 0.2) is 23.4 Å². The van der Waals surface area contributed by atoms with Gasteiger partial charge < -0.3 is 4.57 Å². The van der Waals surface area contributed by atoms with Gasteiger partial charge >= 0.3 is 0 Å². The van der Waals surface area contributed by atoms with Crippen LogP contribution >= 0.6 is 0 Å². The van der Waals surface area contributed by atoms with Crippen LogP contribution in [-0.4, -0.2) is 28.7 Å². The third-order valence-corrected chi connectivity index (χ3v) is 6.04. The van der Waals surface area contributed by atoms with Gasteiger partial charge in [-0.05, 0) is 36.8 Å². The molecule has 118 valence electrons. The summed E-state index contributed by atoms with van der Waals surface area (Å²) in [5, 5.41) is 0. The number of sulfone groups is 1. The Morgan fingerprint density at radius 1 is 1.23 bits per heavy atom. The number of aromatic nitrogens is 3. The lowest BCUT2D eigenvalue weighted by Crippen LogP contribution is -2.10. The standard InChI is InChI=1S/C16H21N3O2S/c1-4-13-10-18-16(19(13)3)15-14(22(20,21)5-2)8-12(9-17-15)11-6-7-11/h8-11H,4-7H2,1-3H3. The van der Waals surface area contributed by atoms with E-state index in [4.69, 9.17) is 0 Å². The van der Waals surface area contributed by atoms with Gasteiger partial charge in [0.1, 0.15) is 5.69 Å². The maximum atomic E-state index is 12.5. The topological polar surface area (TPSA) is 64.8 Å². The number of rotatable bonds is 5. The van der Waals surface area contributed by atoms with Crippen LogP contribution in [0.25, 0.3) is 11.5 Å². The van der Waals surface area contributed by atoms with Crippen molar-refractivity contribution in [3.05, 3.63) is 29.7 Å². The first-order valence-corrected chi connectivity index (χ1v) is 9.36. The molecule has 2 aromatic rings. The molecule has 2 aromatic heterocycles. The van der Waals surface area contributed by atoms with Crippen molar-refractivity contribution in [2.45, 2.75) is 43.9 Å². The lowest BCUT2D eigenvalue weighted by atomic mass is 10.2. The molecule has 0 bridgehead atoms. The SMILES string of the molecule is CCc1cnc(-c2ncc(C3CC3)cc2S(=O)(=O)CC)n1C.